The van der Waals surface area contributed by atoms with Crippen LogP contribution in [0.4, 0.5) is 5.69 Å². The van der Waals surface area contributed by atoms with Gasteiger partial charge in [-0.3, -0.25) is 9.78 Å². The lowest BCUT2D eigenvalue weighted by Gasteiger charge is -2.16. The molecule has 1 amide bonds. The number of aryl methyl sites for hydroxylation is 1. The number of anilines is 1. The molecule has 1 aromatic carbocycles. The molecule has 3 rings (SSSR count). The number of fused-ring (bicyclic) bond motifs is 1. The highest BCUT2D eigenvalue weighted by molar-refractivity contribution is 5.94. The van der Waals surface area contributed by atoms with Crippen molar-refractivity contribution in [3.8, 4) is 0 Å². The molecule has 2 heterocycles. The Hall–Kier alpha value is -2.42. The van der Waals surface area contributed by atoms with Crippen LogP contribution in [0.2, 0.25) is 0 Å². The first-order valence-electron chi connectivity index (χ1n) is 6.32. The van der Waals surface area contributed by atoms with Crippen LogP contribution in [-0.4, -0.2) is 10.9 Å². The minimum atomic E-state index is 0.103. The Morgan fingerprint density at radius 3 is 2.84 bits per heavy atom. The van der Waals surface area contributed by atoms with Crippen molar-refractivity contribution in [1.29, 1.82) is 0 Å². The van der Waals surface area contributed by atoms with Gasteiger partial charge in [0.05, 0.1) is 0 Å². The molecular weight excluding hydrogens is 236 g/mol. The van der Waals surface area contributed by atoms with Crippen LogP contribution in [0.3, 0.4) is 0 Å². The second-order valence-corrected chi connectivity index (χ2v) is 4.58. The van der Waals surface area contributed by atoms with Crippen LogP contribution in [0.1, 0.15) is 23.1 Å². The molecule has 0 bridgehead atoms. The smallest absolute Gasteiger partial charge is 0.224 e. The third-order valence-electron chi connectivity index (χ3n) is 3.18. The number of aromatic nitrogens is 1. The largest absolute Gasteiger partial charge is 0.326 e. The molecule has 2 aromatic rings. The molecule has 0 radical (unpaired) electrons. The van der Waals surface area contributed by atoms with Gasteiger partial charge in [0.1, 0.15) is 0 Å². The molecular formula is C16H14N2O. The number of rotatable bonds is 2. The molecule has 3 nitrogen and oxygen atoms in total. The van der Waals surface area contributed by atoms with E-state index in [1.807, 2.05) is 36.5 Å². The minimum Gasteiger partial charge on any atom is -0.326 e. The fraction of sp³-hybridized carbons (Fsp3) is 0.125. The number of nitrogens with one attached hydrogen (secondary N) is 1. The van der Waals surface area contributed by atoms with Crippen LogP contribution in [0.25, 0.3) is 12.2 Å². The molecule has 0 atom stereocenters. The zero-order valence-corrected chi connectivity index (χ0v) is 10.5. The maximum Gasteiger partial charge on any atom is 0.224 e. The van der Waals surface area contributed by atoms with Gasteiger partial charge in [-0.15, -0.1) is 0 Å². The van der Waals surface area contributed by atoms with Gasteiger partial charge in [-0.2, -0.15) is 0 Å². The van der Waals surface area contributed by atoms with Gasteiger partial charge in [-0.25, -0.2) is 0 Å². The summed E-state index contributed by atoms with van der Waals surface area (Å²) in [4.78, 5) is 15.4. The number of hydrogen-bond acceptors (Lipinski definition) is 2. The second kappa shape index (κ2) is 5.06. The molecule has 19 heavy (non-hydrogen) atoms. The summed E-state index contributed by atoms with van der Waals surface area (Å²) in [6.45, 7) is 0. The predicted octanol–water partition coefficient (Wildman–Crippen LogP) is 3.14. The van der Waals surface area contributed by atoms with E-state index in [9.17, 15) is 4.79 Å². The Kier molecular flexibility index (Phi) is 3.11. The number of carbonyl (C=O) groups is 1. The molecule has 1 aliphatic heterocycles. The van der Waals surface area contributed by atoms with Crippen molar-refractivity contribution in [2.45, 2.75) is 12.8 Å². The first-order valence-corrected chi connectivity index (χ1v) is 6.32. The fourth-order valence-electron chi connectivity index (χ4n) is 2.17. The Morgan fingerprint density at radius 2 is 2.00 bits per heavy atom. The lowest BCUT2D eigenvalue weighted by Crippen LogP contribution is -2.18. The zero-order chi connectivity index (χ0) is 13.1. The van der Waals surface area contributed by atoms with Gasteiger partial charge in [-0.05, 0) is 41.3 Å². The van der Waals surface area contributed by atoms with E-state index in [1.165, 1.54) is 5.56 Å². The van der Waals surface area contributed by atoms with Gasteiger partial charge in [0.2, 0.25) is 5.91 Å². The highest BCUT2D eigenvalue weighted by Crippen LogP contribution is 2.24. The summed E-state index contributed by atoms with van der Waals surface area (Å²) in [7, 11) is 0. The molecule has 0 spiro atoms. The topological polar surface area (TPSA) is 42.0 Å². The van der Waals surface area contributed by atoms with Crippen molar-refractivity contribution in [3.63, 3.8) is 0 Å². The monoisotopic (exact) mass is 250 g/mol. The van der Waals surface area contributed by atoms with E-state index in [1.54, 1.807) is 6.20 Å². The van der Waals surface area contributed by atoms with E-state index >= 15 is 0 Å². The maximum absolute atomic E-state index is 11.3. The highest BCUT2D eigenvalue weighted by Gasteiger charge is 2.13. The quantitative estimate of drug-likeness (QED) is 0.889. The minimum absolute atomic E-state index is 0.103. The molecule has 94 valence electrons. The SMILES string of the molecule is O=C1CCc2cc(/C=C/c3cccnc3)ccc2N1. The summed E-state index contributed by atoms with van der Waals surface area (Å²) < 4.78 is 0. The highest BCUT2D eigenvalue weighted by atomic mass is 16.1. The van der Waals surface area contributed by atoms with E-state index in [0.29, 0.717) is 6.42 Å². The number of hydrogen-bond donors (Lipinski definition) is 1. The van der Waals surface area contributed by atoms with Crippen molar-refractivity contribution < 1.29 is 4.79 Å². The number of carbonyl (C=O) groups excluding carboxylic acids is 1. The lowest BCUT2D eigenvalue weighted by molar-refractivity contribution is -0.116. The van der Waals surface area contributed by atoms with Crippen LogP contribution < -0.4 is 5.32 Å². The van der Waals surface area contributed by atoms with Crippen LogP contribution in [0.5, 0.6) is 0 Å². The molecule has 0 unspecified atom stereocenters. The summed E-state index contributed by atoms with van der Waals surface area (Å²) >= 11 is 0. The standard InChI is InChI=1S/C16H14N2O/c19-16-8-6-14-10-12(5-7-15(14)18-16)3-4-13-2-1-9-17-11-13/h1-5,7,9-11H,6,8H2,(H,18,19)/b4-3+. The fourth-order valence-corrected chi connectivity index (χ4v) is 2.17. The van der Waals surface area contributed by atoms with E-state index < -0.39 is 0 Å². The first-order chi connectivity index (χ1) is 9.31. The summed E-state index contributed by atoms with van der Waals surface area (Å²) in [6, 6.07) is 10.0. The summed E-state index contributed by atoms with van der Waals surface area (Å²) in [5.74, 6) is 0.103. The molecule has 1 aromatic heterocycles. The lowest BCUT2D eigenvalue weighted by atomic mass is 10.00. The van der Waals surface area contributed by atoms with E-state index in [4.69, 9.17) is 0 Å². The van der Waals surface area contributed by atoms with Crippen molar-refractivity contribution in [3.05, 3.63) is 59.4 Å². The Morgan fingerprint density at radius 1 is 1.11 bits per heavy atom. The molecule has 0 aliphatic carbocycles. The molecule has 0 saturated heterocycles. The zero-order valence-electron chi connectivity index (χ0n) is 10.5. The number of pyridine rings is 1. The van der Waals surface area contributed by atoms with Gasteiger partial charge < -0.3 is 5.32 Å². The van der Waals surface area contributed by atoms with E-state index in [0.717, 1.165) is 23.2 Å². The maximum atomic E-state index is 11.3. The van der Waals surface area contributed by atoms with Crippen molar-refractivity contribution in [2.75, 3.05) is 5.32 Å². The van der Waals surface area contributed by atoms with Crippen LogP contribution in [0, 0.1) is 0 Å². The molecule has 1 aliphatic rings. The van der Waals surface area contributed by atoms with Crippen molar-refractivity contribution in [1.82, 2.24) is 4.98 Å². The Balaban J connectivity index is 1.83. The number of benzene rings is 1. The van der Waals surface area contributed by atoms with Gasteiger partial charge in [0, 0.05) is 24.5 Å². The molecule has 0 saturated carbocycles. The van der Waals surface area contributed by atoms with E-state index in [2.05, 4.69) is 22.4 Å². The molecule has 1 N–H and O–H groups in total. The number of nitrogens with zero attached hydrogens (tertiary/aromatic N) is 1. The van der Waals surface area contributed by atoms with Gasteiger partial charge in [0.15, 0.2) is 0 Å². The average Bonchev–Trinajstić information content (AvgIpc) is 2.46. The van der Waals surface area contributed by atoms with Crippen LogP contribution in [-0.2, 0) is 11.2 Å². The van der Waals surface area contributed by atoms with Crippen molar-refractivity contribution >= 4 is 23.7 Å². The Labute approximate surface area is 112 Å². The Bertz CT molecular complexity index is 632. The van der Waals surface area contributed by atoms with Crippen molar-refractivity contribution in [2.24, 2.45) is 0 Å². The van der Waals surface area contributed by atoms with E-state index in [-0.39, 0.29) is 5.91 Å². The second-order valence-electron chi connectivity index (χ2n) is 4.58. The summed E-state index contributed by atoms with van der Waals surface area (Å²) in [5.41, 5.74) is 4.36. The van der Waals surface area contributed by atoms with Crippen LogP contribution in [0.15, 0.2) is 42.7 Å². The summed E-state index contributed by atoms with van der Waals surface area (Å²) in [5, 5.41) is 2.89. The van der Waals surface area contributed by atoms with Gasteiger partial charge in [0.25, 0.3) is 0 Å². The van der Waals surface area contributed by atoms with Gasteiger partial charge >= 0.3 is 0 Å². The number of amides is 1. The first kappa shape index (κ1) is 11.7. The van der Waals surface area contributed by atoms with Gasteiger partial charge in [-0.1, -0.05) is 24.3 Å². The third-order valence-corrected chi connectivity index (χ3v) is 3.18. The third kappa shape index (κ3) is 2.71. The summed E-state index contributed by atoms with van der Waals surface area (Å²) in [6.07, 6.45) is 9.08. The normalized spacial score (nSPS) is 14.2. The molecule has 3 heteroatoms. The average molecular weight is 250 g/mol. The van der Waals surface area contributed by atoms with Crippen LogP contribution >= 0.6 is 0 Å². The predicted molar refractivity (Wildman–Crippen MR) is 76.6 cm³/mol. The molecule has 0 fully saturated rings.